The highest BCUT2D eigenvalue weighted by molar-refractivity contribution is 5.27. The first-order chi connectivity index (χ1) is 10.1. The first kappa shape index (κ1) is 15.6. The number of rotatable bonds is 6. The number of halogens is 2. The number of nitrogens with one attached hydrogen (secondary N) is 1. The Balaban J connectivity index is 1.97. The fourth-order valence-corrected chi connectivity index (χ4v) is 2.22. The summed E-state index contributed by atoms with van der Waals surface area (Å²) < 4.78 is 26.4. The highest BCUT2D eigenvalue weighted by Gasteiger charge is 2.05. The minimum absolute atomic E-state index is 0.377. The number of benzene rings is 2. The van der Waals surface area contributed by atoms with Crippen LogP contribution < -0.4 is 5.32 Å². The van der Waals surface area contributed by atoms with Crippen LogP contribution in [0.3, 0.4) is 0 Å². The van der Waals surface area contributed by atoms with E-state index >= 15 is 0 Å². The van der Waals surface area contributed by atoms with Crippen LogP contribution in [0.25, 0.3) is 0 Å². The molecule has 0 aliphatic rings. The van der Waals surface area contributed by atoms with Crippen molar-refractivity contribution in [3.05, 3.63) is 70.8 Å². The van der Waals surface area contributed by atoms with Crippen LogP contribution in [-0.2, 0) is 19.6 Å². The van der Waals surface area contributed by atoms with Gasteiger partial charge in [0.1, 0.15) is 11.6 Å². The molecule has 4 heteroatoms. The summed E-state index contributed by atoms with van der Waals surface area (Å²) in [5.41, 5.74) is 2.91. The van der Waals surface area contributed by atoms with Crippen molar-refractivity contribution in [1.29, 1.82) is 0 Å². The molecule has 2 rings (SSSR count). The molecule has 2 aromatic carbocycles. The summed E-state index contributed by atoms with van der Waals surface area (Å²) in [5, 5.41) is 3.21. The van der Waals surface area contributed by atoms with Gasteiger partial charge in [-0.2, -0.15) is 0 Å². The van der Waals surface area contributed by atoms with Crippen LogP contribution >= 0.6 is 0 Å². The normalized spacial score (nSPS) is 11.1. The van der Waals surface area contributed by atoms with E-state index in [0.717, 1.165) is 12.6 Å². The Hall–Kier alpha value is -1.78. The molecule has 0 saturated carbocycles. The Morgan fingerprint density at radius 3 is 2.24 bits per heavy atom. The molecule has 0 atom stereocenters. The number of nitrogens with zero attached hydrogens (tertiary/aromatic N) is 1. The predicted octanol–water partition coefficient (Wildman–Crippen LogP) is 3.32. The summed E-state index contributed by atoms with van der Waals surface area (Å²) in [7, 11) is 4.05. The summed E-state index contributed by atoms with van der Waals surface area (Å²) in [6.07, 6.45) is 0. The van der Waals surface area contributed by atoms with E-state index in [0.29, 0.717) is 18.7 Å². The highest BCUT2D eigenvalue weighted by Crippen LogP contribution is 2.12. The van der Waals surface area contributed by atoms with Crippen LogP contribution in [0, 0.1) is 11.6 Å². The van der Waals surface area contributed by atoms with Gasteiger partial charge in [0.25, 0.3) is 0 Å². The van der Waals surface area contributed by atoms with Crippen molar-refractivity contribution in [3.8, 4) is 0 Å². The van der Waals surface area contributed by atoms with Gasteiger partial charge < -0.3 is 10.2 Å². The van der Waals surface area contributed by atoms with Crippen molar-refractivity contribution in [1.82, 2.24) is 10.2 Å². The average molecular weight is 290 g/mol. The molecular weight excluding hydrogens is 270 g/mol. The largest absolute Gasteiger partial charge is 0.309 e. The summed E-state index contributed by atoms with van der Waals surface area (Å²) in [4.78, 5) is 2.11. The smallest absolute Gasteiger partial charge is 0.130 e. The van der Waals surface area contributed by atoms with Gasteiger partial charge in [0.2, 0.25) is 0 Å². The van der Waals surface area contributed by atoms with Crippen molar-refractivity contribution in [2.24, 2.45) is 0 Å². The van der Waals surface area contributed by atoms with Crippen molar-refractivity contribution in [2.45, 2.75) is 19.6 Å². The summed E-state index contributed by atoms with van der Waals surface area (Å²) in [6.45, 7) is 1.89. The molecular formula is C17H20F2N2. The lowest BCUT2D eigenvalue weighted by molar-refractivity contribution is 0.400. The van der Waals surface area contributed by atoms with Crippen molar-refractivity contribution >= 4 is 0 Å². The van der Waals surface area contributed by atoms with Gasteiger partial charge in [0.15, 0.2) is 0 Å². The van der Waals surface area contributed by atoms with Gasteiger partial charge in [-0.05, 0) is 31.3 Å². The van der Waals surface area contributed by atoms with Gasteiger partial charge in [-0.3, -0.25) is 0 Å². The zero-order valence-corrected chi connectivity index (χ0v) is 12.4. The molecule has 21 heavy (non-hydrogen) atoms. The van der Waals surface area contributed by atoms with Crippen molar-refractivity contribution in [3.63, 3.8) is 0 Å². The van der Waals surface area contributed by atoms with Crippen molar-refractivity contribution in [2.75, 3.05) is 14.1 Å². The molecule has 2 nitrogen and oxygen atoms in total. The standard InChI is InChI=1S/C17H20F2N2/c1-21(2)12-15-6-4-3-5-13(15)10-20-11-14-7-8-16(18)9-17(14)19/h3-9,20H,10-12H2,1-2H3. The van der Waals surface area contributed by atoms with Crippen LogP contribution in [0.1, 0.15) is 16.7 Å². The SMILES string of the molecule is CN(C)Cc1ccccc1CNCc1ccc(F)cc1F. The molecule has 0 saturated heterocycles. The van der Waals surface area contributed by atoms with E-state index in [1.807, 2.05) is 26.2 Å². The summed E-state index contributed by atoms with van der Waals surface area (Å²) >= 11 is 0. The second-order valence-electron chi connectivity index (χ2n) is 5.35. The maximum atomic E-state index is 13.5. The third-order valence-electron chi connectivity index (χ3n) is 3.25. The maximum absolute atomic E-state index is 13.5. The molecule has 0 radical (unpaired) electrons. The molecule has 0 amide bonds. The molecule has 0 aliphatic heterocycles. The molecule has 0 bridgehead atoms. The Kier molecular flexibility index (Phi) is 5.42. The minimum atomic E-state index is -0.549. The van der Waals surface area contributed by atoms with E-state index in [2.05, 4.69) is 22.3 Å². The third-order valence-corrected chi connectivity index (χ3v) is 3.25. The molecule has 0 unspecified atom stereocenters. The van der Waals surface area contributed by atoms with Gasteiger partial charge in [0, 0.05) is 31.3 Å². The molecule has 0 spiro atoms. The average Bonchev–Trinajstić information content (AvgIpc) is 2.42. The van der Waals surface area contributed by atoms with Gasteiger partial charge in [-0.15, -0.1) is 0 Å². The molecule has 0 heterocycles. The van der Waals surface area contributed by atoms with Gasteiger partial charge >= 0.3 is 0 Å². The Labute approximate surface area is 124 Å². The fourth-order valence-electron chi connectivity index (χ4n) is 2.22. The van der Waals surface area contributed by atoms with Crippen molar-refractivity contribution < 1.29 is 8.78 Å². The molecule has 0 aromatic heterocycles. The van der Waals surface area contributed by atoms with Crippen LogP contribution in [0.4, 0.5) is 8.78 Å². The van der Waals surface area contributed by atoms with E-state index < -0.39 is 11.6 Å². The van der Waals surface area contributed by atoms with Crippen LogP contribution in [-0.4, -0.2) is 19.0 Å². The summed E-state index contributed by atoms with van der Waals surface area (Å²) in [6, 6.07) is 11.8. The molecule has 2 aromatic rings. The zero-order chi connectivity index (χ0) is 15.2. The monoisotopic (exact) mass is 290 g/mol. The quantitative estimate of drug-likeness (QED) is 0.878. The Bertz CT molecular complexity index is 597. The lowest BCUT2D eigenvalue weighted by Crippen LogP contribution is -2.17. The molecule has 0 aliphatic carbocycles. The predicted molar refractivity (Wildman–Crippen MR) is 80.7 cm³/mol. The number of hydrogen-bond acceptors (Lipinski definition) is 2. The zero-order valence-electron chi connectivity index (χ0n) is 12.4. The van der Waals surface area contributed by atoms with E-state index in [1.54, 1.807) is 0 Å². The first-order valence-electron chi connectivity index (χ1n) is 6.92. The first-order valence-corrected chi connectivity index (χ1v) is 6.92. The topological polar surface area (TPSA) is 15.3 Å². The van der Waals surface area contributed by atoms with E-state index in [4.69, 9.17) is 0 Å². The van der Waals surface area contributed by atoms with E-state index in [9.17, 15) is 8.78 Å². The second-order valence-corrected chi connectivity index (χ2v) is 5.35. The van der Waals surface area contributed by atoms with Crippen LogP contribution in [0.5, 0.6) is 0 Å². The molecule has 112 valence electrons. The second kappa shape index (κ2) is 7.29. The van der Waals surface area contributed by atoms with E-state index in [1.165, 1.54) is 23.3 Å². The Morgan fingerprint density at radius 1 is 0.905 bits per heavy atom. The molecule has 1 N–H and O–H groups in total. The Morgan fingerprint density at radius 2 is 1.57 bits per heavy atom. The lowest BCUT2D eigenvalue weighted by Gasteiger charge is -2.14. The van der Waals surface area contributed by atoms with Gasteiger partial charge in [-0.25, -0.2) is 8.78 Å². The minimum Gasteiger partial charge on any atom is -0.309 e. The third kappa shape index (κ3) is 4.62. The maximum Gasteiger partial charge on any atom is 0.130 e. The van der Waals surface area contributed by atoms with Crippen LogP contribution in [0.15, 0.2) is 42.5 Å². The van der Waals surface area contributed by atoms with Gasteiger partial charge in [-0.1, -0.05) is 30.3 Å². The van der Waals surface area contributed by atoms with E-state index in [-0.39, 0.29) is 0 Å². The fraction of sp³-hybridized carbons (Fsp3) is 0.294. The van der Waals surface area contributed by atoms with Gasteiger partial charge in [0.05, 0.1) is 0 Å². The highest BCUT2D eigenvalue weighted by atomic mass is 19.1. The van der Waals surface area contributed by atoms with Crippen LogP contribution in [0.2, 0.25) is 0 Å². The molecule has 0 fully saturated rings. The lowest BCUT2D eigenvalue weighted by atomic mass is 10.1. The summed E-state index contributed by atoms with van der Waals surface area (Å²) in [5.74, 6) is -1.06. The number of hydrogen-bond donors (Lipinski definition) is 1.